The maximum Gasteiger partial charge on any atom is 0.255 e. The molecule has 0 saturated heterocycles. The number of amides is 1. The second-order valence-corrected chi connectivity index (χ2v) is 8.47. The Labute approximate surface area is 160 Å². The van der Waals surface area contributed by atoms with E-state index in [1.807, 2.05) is 13.8 Å². The van der Waals surface area contributed by atoms with Gasteiger partial charge in [-0.1, -0.05) is 32.0 Å². The van der Waals surface area contributed by atoms with Crippen LogP contribution < -0.4 is 10.0 Å². The number of carbonyl (C=O) groups is 2. The number of anilines is 1. The van der Waals surface area contributed by atoms with E-state index in [0.717, 1.165) is 6.42 Å². The van der Waals surface area contributed by atoms with E-state index in [9.17, 15) is 18.0 Å². The van der Waals surface area contributed by atoms with Gasteiger partial charge in [0.15, 0.2) is 5.78 Å². The molecule has 2 N–H and O–H groups in total. The summed E-state index contributed by atoms with van der Waals surface area (Å²) in [5, 5.41) is 2.68. The third-order valence-electron chi connectivity index (χ3n) is 3.95. The Kier molecular flexibility index (Phi) is 6.87. The molecule has 7 heteroatoms. The second-order valence-electron chi connectivity index (χ2n) is 6.70. The maximum absolute atomic E-state index is 12.5. The van der Waals surface area contributed by atoms with E-state index in [1.54, 1.807) is 24.3 Å². The first-order valence-corrected chi connectivity index (χ1v) is 10.2. The van der Waals surface area contributed by atoms with Crippen molar-refractivity contribution in [3.63, 3.8) is 0 Å². The monoisotopic (exact) mass is 388 g/mol. The zero-order valence-corrected chi connectivity index (χ0v) is 16.5. The third kappa shape index (κ3) is 6.01. The van der Waals surface area contributed by atoms with Gasteiger partial charge in [0.2, 0.25) is 10.0 Å². The zero-order valence-electron chi connectivity index (χ0n) is 15.7. The van der Waals surface area contributed by atoms with Gasteiger partial charge < -0.3 is 5.32 Å². The fourth-order valence-corrected chi connectivity index (χ4v) is 3.48. The van der Waals surface area contributed by atoms with E-state index < -0.39 is 15.9 Å². The van der Waals surface area contributed by atoms with Crippen molar-refractivity contribution in [2.75, 3.05) is 11.9 Å². The molecule has 0 spiro atoms. The lowest BCUT2D eigenvalue weighted by Crippen LogP contribution is -2.26. The summed E-state index contributed by atoms with van der Waals surface area (Å²) in [5.41, 5.74) is 1.17. The highest BCUT2D eigenvalue weighted by atomic mass is 32.2. The van der Waals surface area contributed by atoms with Gasteiger partial charge in [-0.05, 0) is 49.6 Å². The lowest BCUT2D eigenvalue weighted by molar-refractivity contribution is 0.101. The van der Waals surface area contributed by atoms with E-state index in [4.69, 9.17) is 0 Å². The fraction of sp³-hybridized carbons (Fsp3) is 0.300. The van der Waals surface area contributed by atoms with Crippen LogP contribution in [0.2, 0.25) is 0 Å². The van der Waals surface area contributed by atoms with Crippen LogP contribution >= 0.6 is 0 Å². The zero-order chi connectivity index (χ0) is 20.0. The number of carbonyl (C=O) groups excluding carboxylic acids is 2. The molecule has 0 unspecified atom stereocenters. The van der Waals surface area contributed by atoms with Crippen LogP contribution in [0.1, 0.15) is 47.9 Å². The molecule has 0 aliphatic carbocycles. The average Bonchev–Trinajstić information content (AvgIpc) is 2.61. The Morgan fingerprint density at radius 1 is 1.00 bits per heavy atom. The number of sulfonamides is 1. The first-order chi connectivity index (χ1) is 12.7. The summed E-state index contributed by atoms with van der Waals surface area (Å²) in [6.07, 6.45) is 0.728. The highest BCUT2D eigenvalue weighted by Gasteiger charge is 2.16. The Morgan fingerprint density at radius 3 is 2.33 bits per heavy atom. The Balaban J connectivity index is 2.15. The molecule has 0 aliphatic rings. The van der Waals surface area contributed by atoms with E-state index in [2.05, 4.69) is 10.0 Å². The van der Waals surface area contributed by atoms with E-state index in [0.29, 0.717) is 23.7 Å². The van der Waals surface area contributed by atoms with Crippen molar-refractivity contribution in [2.45, 2.75) is 32.1 Å². The van der Waals surface area contributed by atoms with E-state index in [-0.39, 0.29) is 16.2 Å². The number of hydrogen-bond acceptors (Lipinski definition) is 4. The minimum atomic E-state index is -3.68. The minimum Gasteiger partial charge on any atom is -0.322 e. The standard InChI is InChI=1S/C20H24N2O4S/c1-14(2)10-11-21-27(25,26)19-9-5-7-17(13-19)20(24)22-18-8-4-6-16(12-18)15(3)23/h4-9,12-14,21H,10-11H2,1-3H3,(H,22,24). The molecule has 1 amide bonds. The van der Waals surface area contributed by atoms with Crippen molar-refractivity contribution in [1.29, 1.82) is 0 Å². The largest absolute Gasteiger partial charge is 0.322 e. The topological polar surface area (TPSA) is 92.3 Å². The molecule has 0 bridgehead atoms. The first-order valence-electron chi connectivity index (χ1n) is 8.71. The van der Waals surface area contributed by atoms with Crippen molar-refractivity contribution >= 4 is 27.4 Å². The van der Waals surface area contributed by atoms with Crippen LogP contribution in [0.5, 0.6) is 0 Å². The summed E-state index contributed by atoms with van der Waals surface area (Å²) in [4.78, 5) is 24.0. The molecule has 2 aromatic rings. The minimum absolute atomic E-state index is 0.0383. The van der Waals surface area contributed by atoms with Crippen LogP contribution in [0.4, 0.5) is 5.69 Å². The molecular formula is C20H24N2O4S. The Hall–Kier alpha value is -2.51. The highest BCUT2D eigenvalue weighted by Crippen LogP contribution is 2.16. The molecule has 0 aliphatic heterocycles. The predicted octanol–water partition coefficient (Wildman–Crippen LogP) is 3.47. The number of benzene rings is 2. The summed E-state index contributed by atoms with van der Waals surface area (Å²) < 4.78 is 27.3. The maximum atomic E-state index is 12.5. The summed E-state index contributed by atoms with van der Waals surface area (Å²) in [6.45, 7) is 5.82. The molecule has 0 radical (unpaired) electrons. The Bertz CT molecular complexity index is 937. The van der Waals surface area contributed by atoms with Gasteiger partial charge in [0, 0.05) is 23.4 Å². The summed E-state index contributed by atoms with van der Waals surface area (Å²) in [5.74, 6) is -0.169. The molecule has 0 saturated carbocycles. The molecule has 0 fully saturated rings. The molecule has 2 rings (SSSR count). The van der Waals surface area contributed by atoms with Crippen molar-refractivity contribution in [1.82, 2.24) is 4.72 Å². The van der Waals surface area contributed by atoms with Crippen LogP contribution in [0.3, 0.4) is 0 Å². The van der Waals surface area contributed by atoms with Crippen LogP contribution in [0.25, 0.3) is 0 Å². The average molecular weight is 388 g/mol. The van der Waals surface area contributed by atoms with E-state index in [1.165, 1.54) is 31.2 Å². The van der Waals surface area contributed by atoms with Crippen molar-refractivity contribution in [2.24, 2.45) is 5.92 Å². The molecule has 6 nitrogen and oxygen atoms in total. The van der Waals surface area contributed by atoms with Crippen LogP contribution in [-0.4, -0.2) is 26.7 Å². The summed E-state index contributed by atoms with van der Waals surface area (Å²) in [6, 6.07) is 12.4. The third-order valence-corrected chi connectivity index (χ3v) is 5.41. The summed E-state index contributed by atoms with van der Waals surface area (Å²) >= 11 is 0. The molecule has 27 heavy (non-hydrogen) atoms. The second kappa shape index (κ2) is 8.92. The molecule has 144 valence electrons. The van der Waals surface area contributed by atoms with Gasteiger partial charge in [-0.3, -0.25) is 9.59 Å². The first kappa shape index (κ1) is 20.8. The summed E-state index contributed by atoms with van der Waals surface area (Å²) in [7, 11) is -3.68. The molecule has 2 aromatic carbocycles. The molecule has 0 atom stereocenters. The van der Waals surface area contributed by atoms with Gasteiger partial charge in [-0.2, -0.15) is 0 Å². The normalized spacial score (nSPS) is 11.4. The number of hydrogen-bond donors (Lipinski definition) is 2. The number of Topliss-reactive ketones (excluding diaryl/α,β-unsaturated/α-hetero) is 1. The van der Waals surface area contributed by atoms with Gasteiger partial charge in [0.1, 0.15) is 0 Å². The number of nitrogens with one attached hydrogen (secondary N) is 2. The number of ketones is 1. The van der Waals surface area contributed by atoms with Crippen molar-refractivity contribution in [3.8, 4) is 0 Å². The molecular weight excluding hydrogens is 364 g/mol. The van der Waals surface area contributed by atoms with Gasteiger partial charge in [0.05, 0.1) is 4.90 Å². The van der Waals surface area contributed by atoms with Gasteiger partial charge in [-0.15, -0.1) is 0 Å². The van der Waals surface area contributed by atoms with Crippen LogP contribution in [-0.2, 0) is 10.0 Å². The Morgan fingerprint density at radius 2 is 1.67 bits per heavy atom. The smallest absolute Gasteiger partial charge is 0.255 e. The van der Waals surface area contributed by atoms with Crippen molar-refractivity contribution < 1.29 is 18.0 Å². The molecule has 0 heterocycles. The number of rotatable bonds is 8. The van der Waals surface area contributed by atoms with Gasteiger partial charge in [-0.25, -0.2) is 13.1 Å². The SMILES string of the molecule is CC(=O)c1cccc(NC(=O)c2cccc(S(=O)(=O)NCCC(C)C)c2)c1. The van der Waals surface area contributed by atoms with Gasteiger partial charge >= 0.3 is 0 Å². The van der Waals surface area contributed by atoms with Crippen LogP contribution in [0.15, 0.2) is 53.4 Å². The molecule has 0 aromatic heterocycles. The van der Waals surface area contributed by atoms with Crippen molar-refractivity contribution in [3.05, 3.63) is 59.7 Å². The van der Waals surface area contributed by atoms with Crippen LogP contribution in [0, 0.1) is 5.92 Å². The lowest BCUT2D eigenvalue weighted by Gasteiger charge is -2.10. The highest BCUT2D eigenvalue weighted by molar-refractivity contribution is 7.89. The fourth-order valence-electron chi connectivity index (χ4n) is 2.39. The van der Waals surface area contributed by atoms with E-state index >= 15 is 0 Å². The quantitative estimate of drug-likeness (QED) is 0.677. The van der Waals surface area contributed by atoms with Gasteiger partial charge in [0.25, 0.3) is 5.91 Å². The lowest BCUT2D eigenvalue weighted by atomic mass is 10.1. The predicted molar refractivity (Wildman–Crippen MR) is 105 cm³/mol.